The second kappa shape index (κ2) is 6.37. The van der Waals surface area contributed by atoms with Gasteiger partial charge in [-0.2, -0.15) is 0 Å². The van der Waals surface area contributed by atoms with Crippen molar-refractivity contribution >= 4 is 37.5 Å². The Kier molecular flexibility index (Phi) is 4.77. The normalized spacial score (nSPS) is 10.3. The number of nitrogens with zero attached hydrogens (tertiary/aromatic N) is 1. The van der Waals surface area contributed by atoms with Gasteiger partial charge in [0.15, 0.2) is 0 Å². The van der Waals surface area contributed by atoms with E-state index in [1.165, 1.54) is 6.07 Å². The molecule has 2 aromatic carbocycles. The van der Waals surface area contributed by atoms with Crippen molar-refractivity contribution in [2.45, 2.75) is 12.3 Å². The van der Waals surface area contributed by atoms with E-state index >= 15 is 0 Å². The number of alkyl halides is 1. The van der Waals surface area contributed by atoms with Crippen LogP contribution in [0.25, 0.3) is 0 Å². The van der Waals surface area contributed by atoms with E-state index in [0.29, 0.717) is 11.1 Å². The number of nitro groups is 1. The maximum atomic E-state index is 11.1. The smallest absolute Gasteiger partial charge is 0.311 e. The fourth-order valence-corrected chi connectivity index (χ4v) is 2.51. The van der Waals surface area contributed by atoms with Crippen LogP contribution in [0.5, 0.6) is 11.5 Å². The lowest BCUT2D eigenvalue weighted by Gasteiger charge is -2.10. The lowest BCUT2D eigenvalue weighted by atomic mass is 10.2. The standard InChI is InChI=1S/C14H11Br2NO3/c1-9-2-5-13(12(6-9)17(18)19)20-14-7-11(16)4-3-10(14)8-15/h2-7H,8H2,1H3. The Hall–Kier alpha value is -1.40. The Morgan fingerprint density at radius 2 is 1.95 bits per heavy atom. The summed E-state index contributed by atoms with van der Waals surface area (Å²) in [7, 11) is 0. The van der Waals surface area contributed by atoms with Gasteiger partial charge in [-0.1, -0.05) is 44.0 Å². The van der Waals surface area contributed by atoms with Gasteiger partial charge in [0.25, 0.3) is 0 Å². The highest BCUT2D eigenvalue weighted by molar-refractivity contribution is 9.10. The van der Waals surface area contributed by atoms with Gasteiger partial charge >= 0.3 is 5.69 Å². The summed E-state index contributed by atoms with van der Waals surface area (Å²) in [5.74, 6) is 0.823. The number of hydrogen-bond acceptors (Lipinski definition) is 3. The van der Waals surface area contributed by atoms with E-state index in [9.17, 15) is 10.1 Å². The number of rotatable bonds is 4. The summed E-state index contributed by atoms with van der Waals surface area (Å²) in [6.07, 6.45) is 0. The van der Waals surface area contributed by atoms with Gasteiger partial charge in [0, 0.05) is 21.4 Å². The zero-order valence-electron chi connectivity index (χ0n) is 10.6. The summed E-state index contributed by atoms with van der Waals surface area (Å²) in [6, 6.07) is 10.5. The van der Waals surface area contributed by atoms with E-state index in [1.807, 2.05) is 12.1 Å². The van der Waals surface area contributed by atoms with Gasteiger partial charge in [0.05, 0.1) is 4.92 Å². The van der Waals surface area contributed by atoms with Crippen LogP contribution in [0, 0.1) is 17.0 Å². The monoisotopic (exact) mass is 399 g/mol. The summed E-state index contributed by atoms with van der Waals surface area (Å²) < 4.78 is 6.58. The molecule has 20 heavy (non-hydrogen) atoms. The summed E-state index contributed by atoms with van der Waals surface area (Å²) in [5, 5.41) is 11.7. The number of ether oxygens (including phenoxy) is 1. The highest BCUT2D eigenvalue weighted by atomic mass is 79.9. The summed E-state index contributed by atoms with van der Waals surface area (Å²) in [6.45, 7) is 1.81. The van der Waals surface area contributed by atoms with Gasteiger partial charge in [-0.15, -0.1) is 0 Å². The molecular weight excluding hydrogens is 390 g/mol. The number of halogens is 2. The predicted molar refractivity (Wildman–Crippen MR) is 84.7 cm³/mol. The molecule has 0 saturated carbocycles. The maximum absolute atomic E-state index is 11.1. The number of benzene rings is 2. The fraction of sp³-hybridized carbons (Fsp3) is 0.143. The zero-order chi connectivity index (χ0) is 14.7. The molecule has 0 spiro atoms. The van der Waals surface area contributed by atoms with Crippen LogP contribution in [0.4, 0.5) is 5.69 Å². The SMILES string of the molecule is Cc1ccc(Oc2cc(Br)ccc2CBr)c([N+](=O)[O-])c1. The molecule has 0 fully saturated rings. The third kappa shape index (κ3) is 3.37. The molecule has 0 aliphatic carbocycles. The molecular formula is C14H11Br2NO3. The van der Waals surface area contributed by atoms with Crippen LogP contribution in [-0.2, 0) is 5.33 Å². The molecule has 0 N–H and O–H groups in total. The summed E-state index contributed by atoms with van der Waals surface area (Å²) in [5.41, 5.74) is 1.70. The van der Waals surface area contributed by atoms with Crippen molar-refractivity contribution < 1.29 is 9.66 Å². The first-order valence-electron chi connectivity index (χ1n) is 5.78. The third-order valence-electron chi connectivity index (χ3n) is 2.70. The quantitative estimate of drug-likeness (QED) is 0.394. The Morgan fingerprint density at radius 3 is 2.60 bits per heavy atom. The van der Waals surface area contributed by atoms with Crippen molar-refractivity contribution in [2.75, 3.05) is 0 Å². The van der Waals surface area contributed by atoms with Gasteiger partial charge in [0.2, 0.25) is 5.75 Å². The van der Waals surface area contributed by atoms with Crippen molar-refractivity contribution in [2.24, 2.45) is 0 Å². The van der Waals surface area contributed by atoms with E-state index in [-0.39, 0.29) is 11.4 Å². The van der Waals surface area contributed by atoms with Gasteiger partial charge in [-0.25, -0.2) is 0 Å². The second-order valence-electron chi connectivity index (χ2n) is 4.22. The number of nitro benzene ring substituents is 1. The molecule has 0 radical (unpaired) electrons. The lowest BCUT2D eigenvalue weighted by molar-refractivity contribution is -0.385. The van der Waals surface area contributed by atoms with E-state index in [2.05, 4.69) is 31.9 Å². The van der Waals surface area contributed by atoms with Crippen molar-refractivity contribution in [1.29, 1.82) is 0 Å². The first-order chi connectivity index (χ1) is 9.51. The van der Waals surface area contributed by atoms with Gasteiger partial charge in [0.1, 0.15) is 5.75 Å². The van der Waals surface area contributed by atoms with Crippen molar-refractivity contribution in [3.8, 4) is 11.5 Å². The topological polar surface area (TPSA) is 52.4 Å². The molecule has 0 aliphatic rings. The molecule has 104 valence electrons. The van der Waals surface area contributed by atoms with Crippen LogP contribution in [0.3, 0.4) is 0 Å². The average Bonchev–Trinajstić information content (AvgIpc) is 2.41. The predicted octanol–water partition coefficient (Wildman–Crippen LogP) is 5.35. The van der Waals surface area contributed by atoms with Crippen LogP contribution in [0.15, 0.2) is 40.9 Å². The molecule has 6 heteroatoms. The lowest BCUT2D eigenvalue weighted by Crippen LogP contribution is -1.96. The van der Waals surface area contributed by atoms with E-state index in [0.717, 1.165) is 15.6 Å². The highest BCUT2D eigenvalue weighted by Crippen LogP contribution is 2.35. The molecule has 0 bridgehead atoms. The van der Waals surface area contributed by atoms with Gasteiger partial charge in [-0.3, -0.25) is 10.1 Å². The summed E-state index contributed by atoms with van der Waals surface area (Å²) in [4.78, 5) is 10.7. The molecule has 4 nitrogen and oxygen atoms in total. The number of hydrogen-bond donors (Lipinski definition) is 0. The Labute approximate surface area is 133 Å². The van der Waals surface area contributed by atoms with Gasteiger partial charge < -0.3 is 4.74 Å². The number of aryl methyl sites for hydroxylation is 1. The van der Waals surface area contributed by atoms with Crippen molar-refractivity contribution in [3.05, 3.63) is 62.1 Å². The highest BCUT2D eigenvalue weighted by Gasteiger charge is 2.17. The minimum absolute atomic E-state index is 0.0366. The fourth-order valence-electron chi connectivity index (χ4n) is 1.71. The van der Waals surface area contributed by atoms with Crippen LogP contribution in [0.2, 0.25) is 0 Å². The van der Waals surface area contributed by atoms with Crippen molar-refractivity contribution in [1.82, 2.24) is 0 Å². The first-order valence-corrected chi connectivity index (χ1v) is 7.70. The molecule has 0 unspecified atom stereocenters. The molecule has 0 aromatic heterocycles. The van der Waals surface area contributed by atoms with E-state index in [4.69, 9.17) is 4.74 Å². The average molecular weight is 401 g/mol. The molecule has 2 rings (SSSR count). The Bertz CT molecular complexity index is 659. The van der Waals surface area contributed by atoms with Gasteiger partial charge in [-0.05, 0) is 30.7 Å². The summed E-state index contributed by atoms with van der Waals surface area (Å²) >= 11 is 6.74. The molecule has 0 saturated heterocycles. The maximum Gasteiger partial charge on any atom is 0.311 e. The zero-order valence-corrected chi connectivity index (χ0v) is 13.8. The minimum atomic E-state index is -0.436. The first kappa shape index (κ1) is 15.0. The largest absolute Gasteiger partial charge is 0.450 e. The molecule has 0 amide bonds. The molecule has 0 aliphatic heterocycles. The molecule has 0 atom stereocenters. The van der Waals surface area contributed by atoms with Crippen LogP contribution in [-0.4, -0.2) is 4.92 Å². The Morgan fingerprint density at radius 1 is 1.20 bits per heavy atom. The molecule has 0 heterocycles. The third-order valence-corrected chi connectivity index (χ3v) is 3.80. The van der Waals surface area contributed by atoms with E-state index in [1.54, 1.807) is 25.1 Å². The van der Waals surface area contributed by atoms with E-state index < -0.39 is 4.92 Å². The van der Waals surface area contributed by atoms with Crippen molar-refractivity contribution in [3.63, 3.8) is 0 Å². The molecule has 2 aromatic rings. The van der Waals surface area contributed by atoms with Crippen LogP contribution in [0.1, 0.15) is 11.1 Å². The van der Waals surface area contributed by atoms with Crippen LogP contribution < -0.4 is 4.74 Å². The minimum Gasteiger partial charge on any atom is -0.450 e. The second-order valence-corrected chi connectivity index (χ2v) is 5.69. The van der Waals surface area contributed by atoms with Crippen LogP contribution >= 0.6 is 31.9 Å². The Balaban J connectivity index is 2.44.